The summed E-state index contributed by atoms with van der Waals surface area (Å²) in [6, 6.07) is 12.8. The number of hydrogen-bond acceptors (Lipinski definition) is 4. The van der Waals surface area contributed by atoms with E-state index in [-0.39, 0.29) is 11.7 Å². The Morgan fingerprint density at radius 2 is 1.85 bits per heavy atom. The number of carbonyl (C=O) groups is 2. The lowest BCUT2D eigenvalue weighted by Crippen LogP contribution is -2.12. The molecule has 0 radical (unpaired) electrons. The minimum Gasteiger partial charge on any atom is -0.357 e. The van der Waals surface area contributed by atoms with Crippen LogP contribution in [0.15, 0.2) is 53.7 Å². The molecule has 0 atom stereocenters. The maximum atomic E-state index is 12.5. The highest BCUT2D eigenvalue weighted by Crippen LogP contribution is 2.29. The van der Waals surface area contributed by atoms with E-state index in [0.29, 0.717) is 29.1 Å². The lowest BCUT2D eigenvalue weighted by Gasteiger charge is -2.12. The van der Waals surface area contributed by atoms with Crippen molar-refractivity contribution in [3.63, 3.8) is 0 Å². The molecule has 5 nitrogen and oxygen atoms in total. The van der Waals surface area contributed by atoms with Gasteiger partial charge in [-0.15, -0.1) is 0 Å². The second kappa shape index (κ2) is 8.37. The number of allylic oxidation sites excluding steroid dienone is 2. The molecule has 3 rings (SSSR count). The molecule has 3 N–H and O–H groups in total. The van der Waals surface area contributed by atoms with Gasteiger partial charge in [0.25, 0.3) is 5.91 Å². The van der Waals surface area contributed by atoms with Crippen molar-refractivity contribution >= 4 is 34.7 Å². The van der Waals surface area contributed by atoms with Gasteiger partial charge >= 0.3 is 0 Å². The lowest BCUT2D eigenvalue weighted by molar-refractivity contribution is -0.114. The van der Waals surface area contributed by atoms with Crippen molar-refractivity contribution in [2.45, 2.75) is 26.3 Å². The van der Waals surface area contributed by atoms with E-state index in [0.717, 1.165) is 29.1 Å². The maximum Gasteiger partial charge on any atom is 0.255 e. The van der Waals surface area contributed by atoms with Gasteiger partial charge in [0, 0.05) is 35.5 Å². The van der Waals surface area contributed by atoms with E-state index in [1.807, 2.05) is 38.2 Å². The minimum atomic E-state index is -0.226. The number of carbonyl (C=O) groups excluding carboxylic acids is 2. The van der Waals surface area contributed by atoms with Gasteiger partial charge in [-0.25, -0.2) is 0 Å². The lowest BCUT2D eigenvalue weighted by atomic mass is 10.1. The van der Waals surface area contributed by atoms with Gasteiger partial charge in [-0.05, 0) is 56.3 Å². The largest absolute Gasteiger partial charge is 0.357 e. The first kappa shape index (κ1) is 19.1. The second-order valence-electron chi connectivity index (χ2n) is 6.53. The molecule has 6 heteroatoms. The molecule has 0 heterocycles. The van der Waals surface area contributed by atoms with Gasteiger partial charge in [0.1, 0.15) is 0 Å². The molecule has 0 fully saturated rings. The molecular formula is C21H22ClN3O2. The Bertz CT molecular complexity index is 904. The fourth-order valence-electron chi connectivity index (χ4n) is 2.97. The van der Waals surface area contributed by atoms with Crippen LogP contribution >= 0.6 is 11.6 Å². The number of rotatable bonds is 6. The van der Waals surface area contributed by atoms with Crippen LogP contribution in [0.1, 0.15) is 35.7 Å². The zero-order chi connectivity index (χ0) is 19.4. The van der Waals surface area contributed by atoms with E-state index < -0.39 is 0 Å². The van der Waals surface area contributed by atoms with Gasteiger partial charge < -0.3 is 16.0 Å². The third-order valence-corrected chi connectivity index (χ3v) is 4.90. The molecule has 1 aliphatic carbocycles. The summed E-state index contributed by atoms with van der Waals surface area (Å²) in [6.07, 6.45) is 1.21. The first-order valence-corrected chi connectivity index (χ1v) is 9.20. The molecule has 0 bridgehead atoms. The molecule has 0 aromatic heterocycles. The van der Waals surface area contributed by atoms with Crippen LogP contribution in [0.5, 0.6) is 0 Å². The topological polar surface area (TPSA) is 70.2 Å². The van der Waals surface area contributed by atoms with Crippen LogP contribution in [-0.2, 0) is 11.3 Å². The van der Waals surface area contributed by atoms with Crippen molar-refractivity contribution < 1.29 is 9.59 Å². The Labute approximate surface area is 163 Å². The second-order valence-corrected chi connectivity index (χ2v) is 6.93. The van der Waals surface area contributed by atoms with Gasteiger partial charge in [0.2, 0.25) is 0 Å². The molecule has 0 saturated heterocycles. The zero-order valence-electron chi connectivity index (χ0n) is 15.4. The first-order chi connectivity index (χ1) is 13.0. The zero-order valence-corrected chi connectivity index (χ0v) is 16.1. The van der Waals surface area contributed by atoms with E-state index in [4.69, 9.17) is 11.6 Å². The van der Waals surface area contributed by atoms with Crippen LogP contribution in [0, 0.1) is 0 Å². The molecule has 140 valence electrons. The monoisotopic (exact) mass is 383 g/mol. The average Bonchev–Trinajstić information content (AvgIpc) is 2.97. The summed E-state index contributed by atoms with van der Waals surface area (Å²) in [6.45, 7) is 2.59. The highest BCUT2D eigenvalue weighted by Gasteiger charge is 2.20. The molecule has 1 aliphatic rings. The predicted molar refractivity (Wildman–Crippen MR) is 109 cm³/mol. The number of anilines is 2. The van der Waals surface area contributed by atoms with Crippen molar-refractivity contribution in [2.24, 2.45) is 0 Å². The van der Waals surface area contributed by atoms with Crippen LogP contribution in [-0.4, -0.2) is 18.7 Å². The number of Topliss-reactive ketones (excluding diaryl/α,β-unsaturated/α-hetero) is 1. The van der Waals surface area contributed by atoms with Gasteiger partial charge in [-0.3, -0.25) is 9.59 Å². The number of halogens is 1. The van der Waals surface area contributed by atoms with Crippen LogP contribution < -0.4 is 16.0 Å². The molecule has 0 aliphatic heterocycles. The summed E-state index contributed by atoms with van der Waals surface area (Å²) in [5, 5.41) is 9.60. The number of hydrogen-bond donors (Lipinski definition) is 3. The molecule has 0 saturated carbocycles. The van der Waals surface area contributed by atoms with Crippen molar-refractivity contribution in [2.75, 3.05) is 17.7 Å². The van der Waals surface area contributed by atoms with Gasteiger partial charge in [-0.2, -0.15) is 0 Å². The van der Waals surface area contributed by atoms with E-state index in [1.165, 1.54) is 0 Å². The summed E-state index contributed by atoms with van der Waals surface area (Å²) in [5.41, 5.74) is 4.66. The molecular weight excluding hydrogens is 362 g/mol. The Balaban J connectivity index is 1.69. The third kappa shape index (κ3) is 4.56. The molecule has 0 spiro atoms. The molecule has 1 amide bonds. The highest BCUT2D eigenvalue weighted by atomic mass is 35.5. The van der Waals surface area contributed by atoms with E-state index in [9.17, 15) is 9.59 Å². The molecule has 2 aromatic carbocycles. The summed E-state index contributed by atoms with van der Waals surface area (Å²) in [5.74, 6) is -0.0680. The summed E-state index contributed by atoms with van der Waals surface area (Å²) < 4.78 is 0. The van der Waals surface area contributed by atoms with Crippen molar-refractivity contribution in [1.29, 1.82) is 0 Å². The summed E-state index contributed by atoms with van der Waals surface area (Å²) >= 11 is 6.34. The van der Waals surface area contributed by atoms with Crippen molar-refractivity contribution in [1.82, 2.24) is 5.32 Å². The Morgan fingerprint density at radius 1 is 1.11 bits per heavy atom. The Kier molecular flexibility index (Phi) is 5.94. The molecule has 27 heavy (non-hydrogen) atoms. The average molecular weight is 384 g/mol. The van der Waals surface area contributed by atoms with Crippen molar-refractivity contribution in [3.8, 4) is 0 Å². The quantitative estimate of drug-likeness (QED) is 0.693. The van der Waals surface area contributed by atoms with Gasteiger partial charge in [0.05, 0.1) is 10.7 Å². The van der Waals surface area contributed by atoms with Crippen molar-refractivity contribution in [3.05, 3.63) is 69.9 Å². The van der Waals surface area contributed by atoms with E-state index in [2.05, 4.69) is 16.0 Å². The fourth-order valence-corrected chi connectivity index (χ4v) is 3.20. The summed E-state index contributed by atoms with van der Waals surface area (Å²) in [7, 11) is 1.89. The predicted octanol–water partition coefficient (Wildman–Crippen LogP) is 4.36. The minimum absolute atomic E-state index is 0.158. The Morgan fingerprint density at radius 3 is 2.44 bits per heavy atom. The number of benzene rings is 2. The number of nitrogens with one attached hydrogen (secondary N) is 3. The van der Waals surface area contributed by atoms with Crippen LogP contribution in [0.2, 0.25) is 5.02 Å². The van der Waals surface area contributed by atoms with Crippen LogP contribution in [0.25, 0.3) is 0 Å². The summed E-state index contributed by atoms with van der Waals surface area (Å²) in [4.78, 5) is 24.1. The molecule has 0 unspecified atom stereocenters. The third-order valence-electron chi connectivity index (χ3n) is 4.58. The smallest absolute Gasteiger partial charge is 0.255 e. The van der Waals surface area contributed by atoms with Gasteiger partial charge in [0.15, 0.2) is 5.78 Å². The van der Waals surface area contributed by atoms with Crippen LogP contribution in [0.3, 0.4) is 0 Å². The Hall–Kier alpha value is -2.63. The van der Waals surface area contributed by atoms with E-state index in [1.54, 1.807) is 18.2 Å². The molecule has 2 aromatic rings. The highest BCUT2D eigenvalue weighted by molar-refractivity contribution is 6.33. The first-order valence-electron chi connectivity index (χ1n) is 8.82. The number of ketones is 1. The maximum absolute atomic E-state index is 12.5. The van der Waals surface area contributed by atoms with E-state index >= 15 is 0 Å². The van der Waals surface area contributed by atoms with Gasteiger partial charge in [-0.1, -0.05) is 23.7 Å². The normalized spacial score (nSPS) is 13.8. The SMILES string of the molecule is CNCc1ccc(NC(=O)c2ccc(NC3=C(C)C(=O)CC3)c(Cl)c2)cc1. The fraction of sp³-hybridized carbons (Fsp3) is 0.238. The number of amides is 1. The van der Waals surface area contributed by atoms with Crippen LogP contribution in [0.4, 0.5) is 11.4 Å². The standard InChI is InChI=1S/C21H22ClN3O2/c1-13-18(9-10-20(13)26)25-19-8-5-15(11-17(19)22)21(27)24-16-6-3-14(4-7-16)12-23-2/h3-8,11,23,25H,9-10,12H2,1-2H3,(H,24,27).